The molecular weight excluding hydrogens is 466 g/mol. The highest BCUT2D eigenvalue weighted by Gasteiger charge is 2.20. The Labute approximate surface area is 206 Å². The van der Waals surface area contributed by atoms with E-state index in [2.05, 4.69) is 20.8 Å². The summed E-state index contributed by atoms with van der Waals surface area (Å²) in [6, 6.07) is 14.1. The highest BCUT2D eigenvalue weighted by atomic mass is 32.2. The summed E-state index contributed by atoms with van der Waals surface area (Å²) in [7, 11) is 3.14. The zero-order valence-corrected chi connectivity index (χ0v) is 21.1. The quantitative estimate of drug-likeness (QED) is 0.404. The van der Waals surface area contributed by atoms with Crippen LogP contribution in [0.3, 0.4) is 0 Å². The molecule has 0 bridgehead atoms. The van der Waals surface area contributed by atoms with Gasteiger partial charge in [-0.2, -0.15) is 5.26 Å². The molecule has 0 radical (unpaired) electrons. The number of aromatic nitrogens is 2. The zero-order chi connectivity index (χ0) is 25.4. The Morgan fingerprint density at radius 1 is 1.06 bits per heavy atom. The van der Waals surface area contributed by atoms with E-state index < -0.39 is 10.0 Å². The smallest absolute Gasteiger partial charge is 0.244 e. The summed E-state index contributed by atoms with van der Waals surface area (Å²) in [6.07, 6.45) is 2.73. The fourth-order valence-corrected chi connectivity index (χ4v) is 4.73. The maximum absolute atomic E-state index is 12.8. The number of hydrogen-bond acceptors (Lipinski definition) is 8. The van der Waals surface area contributed by atoms with Gasteiger partial charge >= 0.3 is 0 Å². The molecule has 1 N–H and O–H groups in total. The van der Waals surface area contributed by atoms with Crippen molar-refractivity contribution >= 4 is 10.0 Å². The molecule has 0 aliphatic heterocycles. The van der Waals surface area contributed by atoms with E-state index in [1.54, 1.807) is 36.5 Å². The minimum Gasteiger partial charge on any atom is -0.495 e. The van der Waals surface area contributed by atoms with Crippen molar-refractivity contribution in [2.24, 2.45) is 0 Å². The molecule has 0 atom stereocenters. The summed E-state index contributed by atoms with van der Waals surface area (Å²) in [6.45, 7) is 1.12. The molecule has 1 heterocycles. The lowest BCUT2D eigenvalue weighted by Crippen LogP contribution is -2.27. The average molecular weight is 496 g/mol. The molecule has 0 saturated carbocycles. The first kappa shape index (κ1) is 26.1. The van der Waals surface area contributed by atoms with Gasteiger partial charge in [-0.1, -0.05) is 6.07 Å². The molecule has 1 aromatic heterocycles. The van der Waals surface area contributed by atoms with Crippen LogP contribution in [-0.2, 0) is 16.4 Å². The van der Waals surface area contributed by atoms with Crippen LogP contribution >= 0.6 is 0 Å². The third-order valence-electron chi connectivity index (χ3n) is 5.28. The van der Waals surface area contributed by atoms with Crippen molar-refractivity contribution in [1.82, 2.24) is 19.6 Å². The second-order valence-corrected chi connectivity index (χ2v) is 9.84. The predicted molar refractivity (Wildman–Crippen MR) is 133 cm³/mol. The summed E-state index contributed by atoms with van der Waals surface area (Å²) in [5, 5.41) is 9.36. The molecule has 2 aromatic carbocycles. The second kappa shape index (κ2) is 11.8. The van der Waals surface area contributed by atoms with Gasteiger partial charge in [0.15, 0.2) is 0 Å². The van der Waals surface area contributed by atoms with E-state index in [1.807, 2.05) is 25.1 Å². The lowest BCUT2D eigenvalue weighted by atomic mass is 10.1. The van der Waals surface area contributed by atoms with Crippen LogP contribution in [0, 0.1) is 11.3 Å². The second-order valence-electron chi connectivity index (χ2n) is 8.10. The van der Waals surface area contributed by atoms with Crippen LogP contribution in [0.1, 0.15) is 23.4 Å². The first-order valence-electron chi connectivity index (χ1n) is 11.0. The maximum atomic E-state index is 12.8. The van der Waals surface area contributed by atoms with Crippen molar-refractivity contribution in [3.63, 3.8) is 0 Å². The normalized spacial score (nSPS) is 11.3. The highest BCUT2D eigenvalue weighted by molar-refractivity contribution is 7.89. The Kier molecular flexibility index (Phi) is 8.76. The summed E-state index contributed by atoms with van der Waals surface area (Å²) < 4.78 is 38.7. The Morgan fingerprint density at radius 2 is 1.83 bits per heavy atom. The van der Waals surface area contributed by atoms with Gasteiger partial charge in [0.2, 0.25) is 10.0 Å². The van der Waals surface area contributed by atoms with Crippen LogP contribution in [0.15, 0.2) is 53.6 Å². The molecule has 35 heavy (non-hydrogen) atoms. The molecule has 184 valence electrons. The Bertz CT molecular complexity index is 1320. The van der Waals surface area contributed by atoms with Gasteiger partial charge in [0.05, 0.1) is 25.5 Å². The molecule has 0 aliphatic carbocycles. The van der Waals surface area contributed by atoms with Gasteiger partial charge in [0.1, 0.15) is 28.3 Å². The molecule has 0 unspecified atom stereocenters. The summed E-state index contributed by atoms with van der Waals surface area (Å²) in [5.74, 6) is 1.31. The van der Waals surface area contributed by atoms with Gasteiger partial charge in [0.25, 0.3) is 0 Å². The van der Waals surface area contributed by atoms with Gasteiger partial charge in [-0.25, -0.2) is 23.1 Å². The number of sulfonamides is 1. The molecule has 9 nitrogen and oxygen atoms in total. The lowest BCUT2D eigenvalue weighted by molar-refractivity contribution is 0.397. The fourth-order valence-electron chi connectivity index (χ4n) is 3.51. The molecule has 0 amide bonds. The third kappa shape index (κ3) is 6.76. The number of nitrogens with zero attached hydrogens (tertiary/aromatic N) is 4. The van der Waals surface area contributed by atoms with E-state index in [0.717, 1.165) is 17.7 Å². The van der Waals surface area contributed by atoms with Gasteiger partial charge in [-0.3, -0.25) is 0 Å². The van der Waals surface area contributed by atoms with Crippen LogP contribution in [0.4, 0.5) is 0 Å². The standard InChI is InChI=1S/C25H29N5O4S/c1-30(2)13-5-11-28-35(31,32)24-9-6-18(14-23(24)34-4)15-25-27-12-10-21(29-25)19-7-8-22(33-3)20(16-19)17-26/h6-10,12,14,16,28H,5,11,13,15H2,1-4H3. The van der Waals surface area contributed by atoms with E-state index in [9.17, 15) is 13.7 Å². The number of hydrogen-bond donors (Lipinski definition) is 1. The molecule has 0 spiro atoms. The van der Waals surface area contributed by atoms with Crippen LogP contribution < -0.4 is 14.2 Å². The molecule has 3 aromatic rings. The maximum Gasteiger partial charge on any atom is 0.244 e. The van der Waals surface area contributed by atoms with E-state index in [4.69, 9.17) is 9.47 Å². The predicted octanol–water partition coefficient (Wildman–Crippen LogP) is 2.85. The van der Waals surface area contributed by atoms with Crippen molar-refractivity contribution in [1.29, 1.82) is 5.26 Å². The van der Waals surface area contributed by atoms with Crippen molar-refractivity contribution in [3.05, 3.63) is 65.6 Å². The number of nitriles is 1. The van der Waals surface area contributed by atoms with Gasteiger partial charge < -0.3 is 14.4 Å². The monoisotopic (exact) mass is 495 g/mol. The van der Waals surface area contributed by atoms with Crippen molar-refractivity contribution in [2.45, 2.75) is 17.7 Å². The third-order valence-corrected chi connectivity index (χ3v) is 6.78. The minimum absolute atomic E-state index is 0.0885. The van der Waals surface area contributed by atoms with E-state index in [1.165, 1.54) is 20.3 Å². The zero-order valence-electron chi connectivity index (χ0n) is 20.3. The SMILES string of the molecule is COc1ccc(-c2ccnc(Cc3ccc(S(=O)(=O)NCCCN(C)C)c(OC)c3)n2)cc1C#N. The summed E-state index contributed by atoms with van der Waals surface area (Å²) >= 11 is 0. The van der Waals surface area contributed by atoms with Crippen LogP contribution in [0.2, 0.25) is 0 Å². The number of ether oxygens (including phenoxy) is 2. The minimum atomic E-state index is -3.71. The van der Waals surface area contributed by atoms with Gasteiger partial charge in [-0.05, 0) is 69.0 Å². The number of methoxy groups -OCH3 is 2. The molecule has 3 rings (SSSR count). The Morgan fingerprint density at radius 3 is 2.51 bits per heavy atom. The number of rotatable bonds is 11. The Hall–Kier alpha value is -3.52. The largest absolute Gasteiger partial charge is 0.495 e. The van der Waals surface area contributed by atoms with Crippen molar-refractivity contribution < 1.29 is 17.9 Å². The van der Waals surface area contributed by atoms with Crippen molar-refractivity contribution in [2.75, 3.05) is 41.4 Å². The van der Waals surface area contributed by atoms with Crippen molar-refractivity contribution in [3.8, 4) is 28.8 Å². The highest BCUT2D eigenvalue weighted by Crippen LogP contribution is 2.27. The Balaban J connectivity index is 1.80. The average Bonchev–Trinajstić information content (AvgIpc) is 2.86. The molecule has 0 aliphatic rings. The van der Waals surface area contributed by atoms with Crippen LogP contribution in [-0.4, -0.2) is 64.7 Å². The van der Waals surface area contributed by atoms with E-state index in [-0.39, 0.29) is 10.6 Å². The van der Waals surface area contributed by atoms with Gasteiger partial charge in [-0.15, -0.1) is 0 Å². The molecule has 10 heteroatoms. The first-order valence-corrected chi connectivity index (χ1v) is 12.5. The fraction of sp³-hybridized carbons (Fsp3) is 0.320. The molecular formula is C25H29N5O4S. The summed E-state index contributed by atoms with van der Waals surface area (Å²) in [4.78, 5) is 11.1. The molecule has 0 saturated heterocycles. The number of nitrogens with one attached hydrogen (secondary N) is 1. The van der Waals surface area contributed by atoms with E-state index in [0.29, 0.717) is 42.2 Å². The lowest BCUT2D eigenvalue weighted by Gasteiger charge is -2.13. The van der Waals surface area contributed by atoms with Crippen LogP contribution in [0.5, 0.6) is 11.5 Å². The first-order chi connectivity index (χ1) is 16.8. The van der Waals surface area contributed by atoms with Crippen LogP contribution in [0.25, 0.3) is 11.3 Å². The van der Waals surface area contributed by atoms with Gasteiger partial charge in [0, 0.05) is 24.7 Å². The van der Waals surface area contributed by atoms with E-state index >= 15 is 0 Å². The topological polar surface area (TPSA) is 117 Å². The summed E-state index contributed by atoms with van der Waals surface area (Å²) in [5.41, 5.74) is 2.66. The molecule has 0 fully saturated rings. The number of benzene rings is 2.